The SMILES string of the molecule is CCN(C(=O)CSc1nc2ccccc2c(=O)n1-c1ccc(C#N)cc1)C1=CCCCC1. The molecule has 6 nitrogen and oxygen atoms in total. The first kappa shape index (κ1) is 21.8. The Morgan fingerprint density at radius 3 is 2.66 bits per heavy atom. The number of thioether (sulfide) groups is 1. The number of nitriles is 1. The Kier molecular flexibility index (Phi) is 6.72. The van der Waals surface area contributed by atoms with Crippen LogP contribution in [0.15, 0.2) is 70.3 Å². The van der Waals surface area contributed by atoms with Gasteiger partial charge in [0.15, 0.2) is 5.16 Å². The molecule has 1 aliphatic rings. The molecule has 3 aromatic rings. The molecule has 0 radical (unpaired) electrons. The van der Waals surface area contributed by atoms with Gasteiger partial charge < -0.3 is 4.90 Å². The number of hydrogen-bond donors (Lipinski definition) is 0. The molecule has 0 fully saturated rings. The highest BCUT2D eigenvalue weighted by atomic mass is 32.2. The first-order valence-electron chi connectivity index (χ1n) is 10.8. The summed E-state index contributed by atoms with van der Waals surface area (Å²) in [4.78, 5) is 32.9. The fourth-order valence-corrected chi connectivity index (χ4v) is 4.82. The van der Waals surface area contributed by atoms with Crippen LogP contribution in [-0.4, -0.2) is 32.7 Å². The monoisotopic (exact) mass is 444 g/mol. The van der Waals surface area contributed by atoms with Crippen LogP contribution in [0.1, 0.15) is 38.2 Å². The lowest BCUT2D eigenvalue weighted by molar-refractivity contribution is -0.126. The van der Waals surface area contributed by atoms with Crippen LogP contribution in [0.25, 0.3) is 16.6 Å². The molecular weight excluding hydrogens is 420 g/mol. The van der Waals surface area contributed by atoms with Crippen molar-refractivity contribution in [2.75, 3.05) is 12.3 Å². The molecule has 162 valence electrons. The van der Waals surface area contributed by atoms with Gasteiger partial charge >= 0.3 is 0 Å². The van der Waals surface area contributed by atoms with Gasteiger partial charge in [-0.25, -0.2) is 4.98 Å². The molecular formula is C25H24N4O2S. The summed E-state index contributed by atoms with van der Waals surface area (Å²) < 4.78 is 1.53. The average molecular weight is 445 g/mol. The van der Waals surface area contributed by atoms with E-state index in [-0.39, 0.29) is 17.2 Å². The van der Waals surface area contributed by atoms with Crippen LogP contribution >= 0.6 is 11.8 Å². The zero-order chi connectivity index (χ0) is 22.5. The van der Waals surface area contributed by atoms with Gasteiger partial charge in [0, 0.05) is 12.2 Å². The smallest absolute Gasteiger partial charge is 0.266 e. The van der Waals surface area contributed by atoms with Crippen molar-refractivity contribution in [2.45, 2.75) is 37.8 Å². The average Bonchev–Trinajstić information content (AvgIpc) is 2.84. The van der Waals surface area contributed by atoms with Gasteiger partial charge in [-0.15, -0.1) is 0 Å². The van der Waals surface area contributed by atoms with Crippen molar-refractivity contribution >= 4 is 28.6 Å². The summed E-state index contributed by atoms with van der Waals surface area (Å²) in [6.07, 6.45) is 6.37. The van der Waals surface area contributed by atoms with Crippen LogP contribution in [0.3, 0.4) is 0 Å². The summed E-state index contributed by atoms with van der Waals surface area (Å²) >= 11 is 1.27. The highest BCUT2D eigenvalue weighted by molar-refractivity contribution is 7.99. The lowest BCUT2D eigenvalue weighted by Crippen LogP contribution is -2.32. The van der Waals surface area contributed by atoms with Crippen molar-refractivity contribution in [3.05, 3.63) is 76.2 Å². The molecule has 0 atom stereocenters. The number of fused-ring (bicyclic) bond motifs is 1. The summed E-state index contributed by atoms with van der Waals surface area (Å²) in [6.45, 7) is 2.61. The number of benzene rings is 2. The predicted molar refractivity (Wildman–Crippen MR) is 127 cm³/mol. The molecule has 0 N–H and O–H groups in total. The van der Waals surface area contributed by atoms with Gasteiger partial charge in [0.1, 0.15) is 0 Å². The molecule has 0 spiro atoms. The van der Waals surface area contributed by atoms with E-state index in [1.165, 1.54) is 22.7 Å². The highest BCUT2D eigenvalue weighted by Crippen LogP contribution is 2.25. The Bertz CT molecular complexity index is 1270. The van der Waals surface area contributed by atoms with E-state index in [1.807, 2.05) is 24.0 Å². The molecule has 4 rings (SSSR count). The van der Waals surface area contributed by atoms with Crippen molar-refractivity contribution in [2.24, 2.45) is 0 Å². The first-order chi connectivity index (χ1) is 15.6. The zero-order valence-electron chi connectivity index (χ0n) is 18.0. The summed E-state index contributed by atoms with van der Waals surface area (Å²) in [5, 5.41) is 10.1. The molecule has 1 amide bonds. The van der Waals surface area contributed by atoms with E-state index < -0.39 is 0 Å². The largest absolute Gasteiger partial charge is 0.316 e. The van der Waals surface area contributed by atoms with Crippen molar-refractivity contribution < 1.29 is 4.79 Å². The molecule has 1 aromatic heterocycles. The van der Waals surface area contributed by atoms with Crippen LogP contribution in [-0.2, 0) is 4.79 Å². The van der Waals surface area contributed by atoms with Gasteiger partial charge in [0.25, 0.3) is 5.56 Å². The minimum Gasteiger partial charge on any atom is -0.316 e. The molecule has 0 unspecified atom stereocenters. The maximum atomic E-state index is 13.3. The Morgan fingerprint density at radius 2 is 1.97 bits per heavy atom. The molecule has 1 heterocycles. The molecule has 7 heteroatoms. The number of carbonyl (C=O) groups excluding carboxylic acids is 1. The lowest BCUT2D eigenvalue weighted by Gasteiger charge is -2.26. The van der Waals surface area contributed by atoms with Gasteiger partial charge in [-0.1, -0.05) is 30.0 Å². The van der Waals surface area contributed by atoms with Crippen molar-refractivity contribution in [1.29, 1.82) is 5.26 Å². The second-order valence-corrected chi connectivity index (χ2v) is 8.52. The van der Waals surface area contributed by atoms with E-state index in [2.05, 4.69) is 12.1 Å². The van der Waals surface area contributed by atoms with Crippen LogP contribution in [0.5, 0.6) is 0 Å². The number of carbonyl (C=O) groups is 1. The van der Waals surface area contributed by atoms with E-state index in [0.29, 0.717) is 33.9 Å². The zero-order valence-corrected chi connectivity index (χ0v) is 18.8. The third-order valence-electron chi connectivity index (χ3n) is 5.56. The standard InChI is InChI=1S/C25H24N4O2S/c1-2-28(19-8-4-3-5-9-19)23(30)17-32-25-27-22-11-7-6-10-21(22)24(31)29(25)20-14-12-18(16-26)13-15-20/h6-8,10-15H,2-5,9,17H2,1H3. The Labute approximate surface area is 191 Å². The van der Waals surface area contributed by atoms with Gasteiger partial charge in [-0.3, -0.25) is 14.2 Å². The van der Waals surface area contributed by atoms with E-state index in [1.54, 1.807) is 36.4 Å². The van der Waals surface area contributed by atoms with Gasteiger partial charge in [-0.05, 0) is 69.0 Å². The first-order valence-corrected chi connectivity index (χ1v) is 11.8. The maximum absolute atomic E-state index is 13.3. The minimum atomic E-state index is -0.197. The summed E-state index contributed by atoms with van der Waals surface area (Å²) in [6, 6.07) is 16.1. The van der Waals surface area contributed by atoms with Gasteiger partial charge in [-0.2, -0.15) is 5.26 Å². The van der Waals surface area contributed by atoms with E-state index >= 15 is 0 Å². The van der Waals surface area contributed by atoms with Gasteiger partial charge in [0.05, 0.1) is 34.0 Å². The van der Waals surface area contributed by atoms with E-state index in [0.717, 1.165) is 25.0 Å². The van der Waals surface area contributed by atoms with Crippen molar-refractivity contribution in [1.82, 2.24) is 14.5 Å². The number of hydrogen-bond acceptors (Lipinski definition) is 5. The number of amides is 1. The molecule has 0 aliphatic heterocycles. The van der Waals surface area contributed by atoms with Gasteiger partial charge in [0.2, 0.25) is 5.91 Å². The fraction of sp³-hybridized carbons (Fsp3) is 0.280. The summed E-state index contributed by atoms with van der Waals surface area (Å²) in [5.74, 6) is 0.200. The number of nitrogens with zero attached hydrogens (tertiary/aromatic N) is 4. The Morgan fingerprint density at radius 1 is 1.19 bits per heavy atom. The van der Waals surface area contributed by atoms with Crippen LogP contribution in [0, 0.1) is 11.3 Å². The third-order valence-corrected chi connectivity index (χ3v) is 6.48. The topological polar surface area (TPSA) is 79.0 Å². The second kappa shape index (κ2) is 9.84. The van der Waals surface area contributed by atoms with Crippen LogP contribution < -0.4 is 5.56 Å². The van der Waals surface area contributed by atoms with Crippen LogP contribution in [0.4, 0.5) is 0 Å². The second-order valence-electron chi connectivity index (χ2n) is 7.58. The fourth-order valence-electron chi connectivity index (χ4n) is 3.93. The predicted octanol–water partition coefficient (Wildman–Crippen LogP) is 4.66. The Hall–Kier alpha value is -3.37. The summed E-state index contributed by atoms with van der Waals surface area (Å²) in [7, 11) is 0. The molecule has 0 saturated carbocycles. The molecule has 1 aliphatic carbocycles. The third kappa shape index (κ3) is 4.46. The quantitative estimate of drug-likeness (QED) is 0.408. The van der Waals surface area contributed by atoms with Crippen molar-refractivity contribution in [3.63, 3.8) is 0 Å². The number of aromatic nitrogens is 2. The van der Waals surface area contributed by atoms with E-state index in [9.17, 15) is 9.59 Å². The van der Waals surface area contributed by atoms with Crippen molar-refractivity contribution in [3.8, 4) is 11.8 Å². The maximum Gasteiger partial charge on any atom is 0.266 e. The molecule has 2 aromatic carbocycles. The molecule has 0 saturated heterocycles. The minimum absolute atomic E-state index is 0.0134. The highest BCUT2D eigenvalue weighted by Gasteiger charge is 2.20. The lowest BCUT2D eigenvalue weighted by atomic mass is 10.0. The Balaban J connectivity index is 1.69. The van der Waals surface area contributed by atoms with Crippen LogP contribution in [0.2, 0.25) is 0 Å². The molecule has 32 heavy (non-hydrogen) atoms. The number of para-hydroxylation sites is 1. The number of rotatable bonds is 6. The summed E-state index contributed by atoms with van der Waals surface area (Å²) in [5.41, 5.74) is 2.63. The number of allylic oxidation sites excluding steroid dienone is 2. The molecule has 0 bridgehead atoms. The van der Waals surface area contributed by atoms with E-state index in [4.69, 9.17) is 10.2 Å². The normalized spacial score (nSPS) is 13.4.